The Hall–Kier alpha value is -2.67. The second-order valence-electron chi connectivity index (χ2n) is 7.12. The lowest BCUT2D eigenvalue weighted by Crippen LogP contribution is -2.55. The van der Waals surface area contributed by atoms with Crippen molar-refractivity contribution in [3.05, 3.63) is 47.0 Å². The fourth-order valence-corrected chi connectivity index (χ4v) is 3.90. The molecule has 2 aliphatic rings. The van der Waals surface area contributed by atoms with Crippen molar-refractivity contribution in [3.8, 4) is 5.75 Å². The molecule has 0 saturated carbocycles. The number of aromatic nitrogens is 4. The van der Waals surface area contributed by atoms with Crippen molar-refractivity contribution in [2.24, 2.45) is 0 Å². The average molecular weight is 350 g/mol. The van der Waals surface area contributed by atoms with Gasteiger partial charge in [0, 0.05) is 41.7 Å². The molecule has 0 aromatic carbocycles. The number of nitrogens with zero attached hydrogens (tertiary/aromatic N) is 5. The second kappa shape index (κ2) is 5.95. The van der Waals surface area contributed by atoms with Crippen LogP contribution in [0.5, 0.6) is 5.75 Å². The van der Waals surface area contributed by atoms with Crippen LogP contribution in [0, 0.1) is 13.8 Å². The third-order valence-corrected chi connectivity index (χ3v) is 5.04. The summed E-state index contributed by atoms with van der Waals surface area (Å²) in [6.45, 7) is 7.53. The van der Waals surface area contributed by atoms with Gasteiger partial charge in [0.15, 0.2) is 5.65 Å². The van der Waals surface area contributed by atoms with E-state index in [1.165, 1.54) is 11.4 Å². The summed E-state index contributed by atoms with van der Waals surface area (Å²) in [6.07, 6.45) is 2.99. The molecule has 26 heavy (non-hydrogen) atoms. The third kappa shape index (κ3) is 2.59. The van der Waals surface area contributed by atoms with E-state index in [1.54, 1.807) is 0 Å². The van der Waals surface area contributed by atoms with Gasteiger partial charge in [0.05, 0.1) is 25.0 Å². The number of ether oxygens (including phenoxy) is 1. The van der Waals surface area contributed by atoms with Gasteiger partial charge in [-0.15, -0.1) is 0 Å². The lowest BCUT2D eigenvalue weighted by Gasteiger charge is -2.42. The van der Waals surface area contributed by atoms with Gasteiger partial charge in [0.2, 0.25) is 0 Å². The Balaban J connectivity index is 1.40. The predicted molar refractivity (Wildman–Crippen MR) is 98.7 cm³/mol. The molecule has 2 aliphatic heterocycles. The molecule has 0 radical (unpaired) electrons. The number of hydrogen-bond donors (Lipinski definition) is 1. The number of pyridine rings is 1. The molecule has 134 valence electrons. The van der Waals surface area contributed by atoms with E-state index in [0.29, 0.717) is 0 Å². The minimum absolute atomic E-state index is 0.187. The number of hydrogen-bond acceptors (Lipinski definition) is 6. The van der Waals surface area contributed by atoms with E-state index >= 15 is 0 Å². The van der Waals surface area contributed by atoms with Crippen LogP contribution in [-0.4, -0.2) is 45.3 Å². The van der Waals surface area contributed by atoms with Gasteiger partial charge in [-0.3, -0.25) is 4.98 Å². The van der Waals surface area contributed by atoms with Crippen LogP contribution in [0.1, 0.15) is 22.6 Å². The Labute approximate surface area is 152 Å². The molecule has 3 aromatic heterocycles. The van der Waals surface area contributed by atoms with Gasteiger partial charge >= 0.3 is 0 Å². The van der Waals surface area contributed by atoms with Crippen molar-refractivity contribution in [1.82, 2.24) is 24.9 Å². The summed E-state index contributed by atoms with van der Waals surface area (Å²) in [5, 5.41) is 7.92. The van der Waals surface area contributed by atoms with E-state index in [-0.39, 0.29) is 6.10 Å². The van der Waals surface area contributed by atoms with Crippen molar-refractivity contribution >= 4 is 11.5 Å². The topological polar surface area (TPSA) is 67.6 Å². The first-order valence-electron chi connectivity index (χ1n) is 9.10. The lowest BCUT2D eigenvalue weighted by molar-refractivity contribution is 0.166. The molecule has 5 rings (SSSR count). The molecule has 0 amide bonds. The molecular weight excluding hydrogens is 328 g/mol. The molecule has 1 saturated heterocycles. The largest absolute Gasteiger partial charge is 0.487 e. The highest BCUT2D eigenvalue weighted by atomic mass is 16.5. The zero-order valence-electron chi connectivity index (χ0n) is 15.1. The van der Waals surface area contributed by atoms with Crippen LogP contribution in [0.2, 0.25) is 0 Å². The summed E-state index contributed by atoms with van der Waals surface area (Å²) in [4.78, 5) is 11.5. The van der Waals surface area contributed by atoms with Crippen LogP contribution in [0.15, 0.2) is 24.4 Å². The molecule has 0 atom stereocenters. The Kier molecular flexibility index (Phi) is 3.56. The zero-order chi connectivity index (χ0) is 17.7. The minimum atomic E-state index is 0.187. The molecule has 3 aromatic rings. The van der Waals surface area contributed by atoms with Crippen LogP contribution in [0.25, 0.3) is 5.65 Å². The van der Waals surface area contributed by atoms with Crippen molar-refractivity contribution < 1.29 is 4.74 Å². The zero-order valence-corrected chi connectivity index (χ0v) is 15.1. The van der Waals surface area contributed by atoms with Gasteiger partial charge in [0.1, 0.15) is 17.7 Å². The summed E-state index contributed by atoms with van der Waals surface area (Å²) < 4.78 is 8.14. The predicted octanol–water partition coefficient (Wildman–Crippen LogP) is 1.65. The smallest absolute Gasteiger partial charge is 0.157 e. The molecule has 0 unspecified atom stereocenters. The number of fused-ring (bicyclic) bond motifs is 2. The molecule has 5 heterocycles. The van der Waals surface area contributed by atoms with Gasteiger partial charge in [-0.05, 0) is 26.8 Å². The van der Waals surface area contributed by atoms with Crippen molar-refractivity contribution in [1.29, 1.82) is 0 Å². The highest BCUT2D eigenvalue weighted by Crippen LogP contribution is 2.31. The number of nitrogens with one attached hydrogen (secondary N) is 1. The summed E-state index contributed by atoms with van der Waals surface area (Å²) in [5.74, 6) is 2.09. The highest BCUT2D eigenvalue weighted by molar-refractivity contribution is 5.59. The van der Waals surface area contributed by atoms with Gasteiger partial charge in [-0.1, -0.05) is 0 Å². The lowest BCUT2D eigenvalue weighted by atomic mass is 10.0. The van der Waals surface area contributed by atoms with E-state index in [0.717, 1.165) is 61.1 Å². The van der Waals surface area contributed by atoms with Gasteiger partial charge in [0.25, 0.3) is 0 Å². The number of aryl methyl sites for hydroxylation is 2. The number of rotatable bonds is 3. The number of anilines is 1. The first-order chi connectivity index (χ1) is 12.7. The summed E-state index contributed by atoms with van der Waals surface area (Å²) in [6, 6.07) is 5.97. The monoisotopic (exact) mass is 350 g/mol. The van der Waals surface area contributed by atoms with Crippen molar-refractivity contribution in [2.75, 3.05) is 24.5 Å². The normalized spacial score (nSPS) is 17.2. The maximum Gasteiger partial charge on any atom is 0.157 e. The van der Waals surface area contributed by atoms with Crippen LogP contribution >= 0.6 is 0 Å². The fraction of sp³-hybridized carbons (Fsp3) is 0.421. The second-order valence-corrected chi connectivity index (χ2v) is 7.12. The Morgan fingerprint density at radius 2 is 1.96 bits per heavy atom. The van der Waals surface area contributed by atoms with Crippen LogP contribution < -0.4 is 15.0 Å². The fourth-order valence-electron chi connectivity index (χ4n) is 3.90. The molecule has 0 spiro atoms. The first kappa shape index (κ1) is 15.6. The van der Waals surface area contributed by atoms with Gasteiger partial charge < -0.3 is 15.0 Å². The molecule has 1 fully saturated rings. The molecule has 0 bridgehead atoms. The Morgan fingerprint density at radius 1 is 1.15 bits per heavy atom. The van der Waals surface area contributed by atoms with Crippen LogP contribution in [0.4, 0.5) is 5.82 Å². The van der Waals surface area contributed by atoms with Crippen molar-refractivity contribution in [3.63, 3.8) is 0 Å². The summed E-state index contributed by atoms with van der Waals surface area (Å²) in [5.41, 5.74) is 5.35. The third-order valence-electron chi connectivity index (χ3n) is 5.04. The molecule has 7 heteroatoms. The average Bonchev–Trinajstić information content (AvgIpc) is 3.03. The maximum absolute atomic E-state index is 6.16. The van der Waals surface area contributed by atoms with E-state index in [2.05, 4.69) is 20.3 Å². The van der Waals surface area contributed by atoms with Gasteiger partial charge in [-0.25, -0.2) is 4.98 Å². The standard InChI is InChI=1S/C19H22N6O/c1-12-7-14(8-13(2)22-12)26-15-10-24(11-15)19-16-3-5-20-9-17(16)23-18-4-6-21-25(18)19/h4,6-8,15,20H,3,5,9-11H2,1-2H3. The minimum Gasteiger partial charge on any atom is -0.487 e. The van der Waals surface area contributed by atoms with E-state index < -0.39 is 0 Å². The van der Waals surface area contributed by atoms with E-state index in [1.807, 2.05) is 42.8 Å². The van der Waals surface area contributed by atoms with Crippen LogP contribution in [0.3, 0.4) is 0 Å². The maximum atomic E-state index is 6.16. The van der Waals surface area contributed by atoms with Crippen molar-refractivity contribution in [2.45, 2.75) is 32.9 Å². The Bertz CT molecular complexity index is 955. The first-order valence-corrected chi connectivity index (χ1v) is 9.10. The van der Waals surface area contributed by atoms with Gasteiger partial charge in [-0.2, -0.15) is 9.61 Å². The summed E-state index contributed by atoms with van der Waals surface area (Å²) >= 11 is 0. The molecule has 1 N–H and O–H groups in total. The molecule has 7 nitrogen and oxygen atoms in total. The Morgan fingerprint density at radius 3 is 2.77 bits per heavy atom. The van der Waals surface area contributed by atoms with E-state index in [4.69, 9.17) is 9.72 Å². The highest BCUT2D eigenvalue weighted by Gasteiger charge is 2.33. The molecule has 0 aliphatic carbocycles. The summed E-state index contributed by atoms with van der Waals surface area (Å²) in [7, 11) is 0. The SMILES string of the molecule is Cc1cc(OC2CN(c3c4c(nc5ccnn35)CNCC4)C2)cc(C)n1. The quantitative estimate of drug-likeness (QED) is 0.775. The van der Waals surface area contributed by atoms with Crippen LogP contribution in [-0.2, 0) is 13.0 Å². The molecular formula is C19H22N6O. The van der Waals surface area contributed by atoms with E-state index in [9.17, 15) is 0 Å².